The van der Waals surface area contributed by atoms with Crippen LogP contribution in [0.2, 0.25) is 5.02 Å². The summed E-state index contributed by atoms with van der Waals surface area (Å²) in [5.74, 6) is -0.717. The molecule has 1 atom stereocenters. The molecule has 1 aliphatic rings. The van der Waals surface area contributed by atoms with Crippen molar-refractivity contribution in [1.29, 1.82) is 0 Å². The van der Waals surface area contributed by atoms with Gasteiger partial charge in [-0.3, -0.25) is 13.9 Å². The summed E-state index contributed by atoms with van der Waals surface area (Å²) in [5.41, 5.74) is 2.84. The summed E-state index contributed by atoms with van der Waals surface area (Å²) in [4.78, 5) is 29.5. The molecule has 0 aromatic heterocycles. The first-order valence-corrected chi connectivity index (χ1v) is 16.4. The number of benzene rings is 3. The first-order chi connectivity index (χ1) is 20.1. The van der Waals surface area contributed by atoms with Gasteiger partial charge in [0.2, 0.25) is 11.8 Å². The molecule has 0 radical (unpaired) electrons. The summed E-state index contributed by atoms with van der Waals surface area (Å²) in [6, 6.07) is 20.1. The zero-order valence-electron chi connectivity index (χ0n) is 24.6. The molecular weight excluding hydrogens is 570 g/mol. The number of sulfonamides is 1. The molecule has 0 spiro atoms. The van der Waals surface area contributed by atoms with Crippen molar-refractivity contribution in [3.63, 3.8) is 0 Å². The van der Waals surface area contributed by atoms with Crippen molar-refractivity contribution in [2.75, 3.05) is 10.8 Å². The number of amides is 2. The fourth-order valence-corrected chi connectivity index (χ4v) is 7.02. The molecule has 9 heteroatoms. The number of aryl methyl sites for hydroxylation is 2. The Morgan fingerprint density at radius 2 is 1.62 bits per heavy atom. The van der Waals surface area contributed by atoms with Crippen LogP contribution in [0.15, 0.2) is 77.7 Å². The molecule has 224 valence electrons. The molecule has 0 heterocycles. The van der Waals surface area contributed by atoms with Crippen molar-refractivity contribution < 1.29 is 18.0 Å². The van der Waals surface area contributed by atoms with Crippen LogP contribution in [0.5, 0.6) is 0 Å². The molecule has 1 aliphatic carbocycles. The van der Waals surface area contributed by atoms with Crippen molar-refractivity contribution in [2.24, 2.45) is 0 Å². The molecule has 0 saturated heterocycles. The second-order valence-corrected chi connectivity index (χ2v) is 13.3. The largest absolute Gasteiger partial charge is 0.352 e. The number of hydrogen-bond donors (Lipinski definition) is 1. The number of anilines is 1. The molecule has 1 N–H and O–H groups in total. The molecule has 0 aliphatic heterocycles. The lowest BCUT2D eigenvalue weighted by Crippen LogP contribution is -2.54. The molecule has 1 saturated carbocycles. The zero-order valence-corrected chi connectivity index (χ0v) is 26.1. The molecule has 4 rings (SSSR count). The third-order valence-electron chi connectivity index (χ3n) is 7.81. The van der Waals surface area contributed by atoms with Gasteiger partial charge in [-0.05, 0) is 74.6 Å². The fourth-order valence-electron chi connectivity index (χ4n) is 5.42. The summed E-state index contributed by atoms with van der Waals surface area (Å²) in [5, 5.41) is 3.63. The standard InChI is InChI=1S/C33H40ClN3O4S/c1-4-31(33(39)35-27-13-6-5-7-14-27)36(22-26-12-8-9-16-30(26)34)32(38)23-37(28-15-10-11-25(3)21-28)42(40,41)29-19-17-24(2)18-20-29/h8-12,15-21,27,31H,4-7,13-14,22-23H2,1-3H3,(H,35,39)/t31-/m0/s1. The van der Waals surface area contributed by atoms with Gasteiger partial charge in [0.1, 0.15) is 12.6 Å². The van der Waals surface area contributed by atoms with Crippen LogP contribution in [0.4, 0.5) is 5.69 Å². The predicted octanol–water partition coefficient (Wildman–Crippen LogP) is 6.41. The zero-order chi connectivity index (χ0) is 30.3. The minimum Gasteiger partial charge on any atom is -0.352 e. The number of rotatable bonds is 11. The molecule has 7 nitrogen and oxygen atoms in total. The third-order valence-corrected chi connectivity index (χ3v) is 9.97. The van der Waals surface area contributed by atoms with E-state index < -0.39 is 28.5 Å². The number of carbonyl (C=O) groups is 2. The fraction of sp³-hybridized carbons (Fsp3) is 0.394. The lowest BCUT2D eigenvalue weighted by molar-refractivity contribution is -0.140. The van der Waals surface area contributed by atoms with E-state index in [1.807, 2.05) is 39.0 Å². The highest BCUT2D eigenvalue weighted by Crippen LogP contribution is 2.27. The minimum atomic E-state index is -4.11. The van der Waals surface area contributed by atoms with Gasteiger partial charge in [0.15, 0.2) is 0 Å². The second-order valence-electron chi connectivity index (χ2n) is 11.0. The van der Waals surface area contributed by atoms with Gasteiger partial charge in [0.05, 0.1) is 10.6 Å². The average Bonchev–Trinajstić information content (AvgIpc) is 2.97. The van der Waals surface area contributed by atoms with Crippen molar-refractivity contribution in [1.82, 2.24) is 10.2 Å². The Balaban J connectivity index is 1.71. The van der Waals surface area contributed by atoms with Crippen LogP contribution in [0, 0.1) is 13.8 Å². The van der Waals surface area contributed by atoms with E-state index in [1.165, 1.54) is 4.90 Å². The summed E-state index contributed by atoms with van der Waals surface area (Å²) in [7, 11) is -4.11. The molecule has 2 amide bonds. The Morgan fingerprint density at radius 1 is 0.929 bits per heavy atom. The molecule has 42 heavy (non-hydrogen) atoms. The number of halogens is 1. The Morgan fingerprint density at radius 3 is 2.26 bits per heavy atom. The van der Waals surface area contributed by atoms with Gasteiger partial charge in [-0.2, -0.15) is 0 Å². The summed E-state index contributed by atoms with van der Waals surface area (Å²) in [6.45, 7) is 5.21. The maximum absolute atomic E-state index is 14.3. The smallest absolute Gasteiger partial charge is 0.264 e. The highest BCUT2D eigenvalue weighted by Gasteiger charge is 2.34. The highest BCUT2D eigenvalue weighted by atomic mass is 35.5. The van der Waals surface area contributed by atoms with Crippen LogP contribution < -0.4 is 9.62 Å². The van der Waals surface area contributed by atoms with Gasteiger partial charge in [0.25, 0.3) is 10.0 Å². The number of nitrogens with one attached hydrogen (secondary N) is 1. The Labute approximate surface area is 254 Å². The summed E-state index contributed by atoms with van der Waals surface area (Å²) < 4.78 is 29.2. The van der Waals surface area contributed by atoms with E-state index in [2.05, 4.69) is 5.32 Å². The second kappa shape index (κ2) is 14.2. The van der Waals surface area contributed by atoms with Gasteiger partial charge in [-0.1, -0.05) is 85.8 Å². The molecule has 3 aromatic rings. The molecule has 1 fully saturated rings. The van der Waals surface area contributed by atoms with Crippen LogP contribution in [0.3, 0.4) is 0 Å². The molecule has 0 bridgehead atoms. The number of carbonyl (C=O) groups excluding carboxylic acids is 2. The highest BCUT2D eigenvalue weighted by molar-refractivity contribution is 7.92. The topological polar surface area (TPSA) is 86.8 Å². The predicted molar refractivity (Wildman–Crippen MR) is 168 cm³/mol. The monoisotopic (exact) mass is 609 g/mol. The maximum Gasteiger partial charge on any atom is 0.264 e. The van der Waals surface area contributed by atoms with Crippen molar-refractivity contribution in [3.8, 4) is 0 Å². The quantitative estimate of drug-likeness (QED) is 0.272. The first kappa shape index (κ1) is 31.6. The van der Waals surface area contributed by atoms with Gasteiger partial charge >= 0.3 is 0 Å². The van der Waals surface area contributed by atoms with E-state index in [1.54, 1.807) is 54.6 Å². The molecular formula is C33H40ClN3O4S. The summed E-state index contributed by atoms with van der Waals surface area (Å²) in [6.07, 6.45) is 5.47. The van der Waals surface area contributed by atoms with E-state index in [0.29, 0.717) is 22.7 Å². The van der Waals surface area contributed by atoms with E-state index in [4.69, 9.17) is 11.6 Å². The van der Waals surface area contributed by atoms with E-state index >= 15 is 0 Å². The lowest BCUT2D eigenvalue weighted by atomic mass is 9.95. The number of hydrogen-bond acceptors (Lipinski definition) is 4. The van der Waals surface area contributed by atoms with Gasteiger partial charge in [-0.15, -0.1) is 0 Å². The van der Waals surface area contributed by atoms with Crippen molar-refractivity contribution in [2.45, 2.75) is 82.8 Å². The van der Waals surface area contributed by atoms with Crippen molar-refractivity contribution in [3.05, 3.63) is 94.5 Å². The van der Waals surface area contributed by atoms with Crippen LogP contribution in [0.1, 0.15) is 62.1 Å². The minimum absolute atomic E-state index is 0.0708. The van der Waals surface area contributed by atoms with E-state index in [-0.39, 0.29) is 23.4 Å². The average molecular weight is 610 g/mol. The van der Waals surface area contributed by atoms with Crippen LogP contribution in [-0.2, 0) is 26.2 Å². The lowest BCUT2D eigenvalue weighted by Gasteiger charge is -2.34. The van der Waals surface area contributed by atoms with Gasteiger partial charge in [-0.25, -0.2) is 8.42 Å². The van der Waals surface area contributed by atoms with E-state index in [9.17, 15) is 18.0 Å². The van der Waals surface area contributed by atoms with Gasteiger partial charge in [0, 0.05) is 17.6 Å². The van der Waals surface area contributed by atoms with Gasteiger partial charge < -0.3 is 10.2 Å². The van der Waals surface area contributed by atoms with Crippen molar-refractivity contribution >= 4 is 39.1 Å². The third kappa shape index (κ3) is 7.72. The number of nitrogens with zero attached hydrogens (tertiary/aromatic N) is 2. The van der Waals surface area contributed by atoms with Crippen LogP contribution >= 0.6 is 11.6 Å². The van der Waals surface area contributed by atoms with Crippen LogP contribution in [-0.4, -0.2) is 43.8 Å². The van der Waals surface area contributed by atoms with E-state index in [0.717, 1.165) is 47.5 Å². The normalized spacial score (nSPS) is 14.7. The summed E-state index contributed by atoms with van der Waals surface area (Å²) >= 11 is 6.50. The maximum atomic E-state index is 14.3. The Bertz CT molecular complexity index is 1490. The molecule has 0 unspecified atom stereocenters. The van der Waals surface area contributed by atoms with Crippen LogP contribution in [0.25, 0.3) is 0 Å². The Hall–Kier alpha value is -3.36. The Kier molecular flexibility index (Phi) is 10.7. The SMILES string of the molecule is CC[C@@H](C(=O)NC1CCCCC1)N(Cc1ccccc1Cl)C(=O)CN(c1cccc(C)c1)S(=O)(=O)c1ccc(C)cc1. The first-order valence-electron chi connectivity index (χ1n) is 14.6. The molecule has 3 aromatic carbocycles.